The minimum absolute atomic E-state index is 0.170. The predicted molar refractivity (Wildman–Crippen MR) is 76.2 cm³/mol. The average Bonchev–Trinajstić information content (AvgIpc) is 2.92. The van der Waals surface area contributed by atoms with Gasteiger partial charge in [-0.3, -0.25) is 9.89 Å². The molecule has 2 N–H and O–H groups in total. The van der Waals surface area contributed by atoms with Gasteiger partial charge in [-0.1, -0.05) is 13.8 Å². The number of H-pyrrole nitrogens is 1. The molecule has 0 saturated carbocycles. The zero-order valence-corrected chi connectivity index (χ0v) is 12.8. The highest BCUT2D eigenvalue weighted by atomic mass is 79.9. The van der Waals surface area contributed by atoms with Gasteiger partial charge in [0.25, 0.3) is 5.91 Å². The maximum Gasteiger partial charge on any atom is 0.271 e. The Morgan fingerprint density at radius 3 is 2.90 bits per heavy atom. The molecule has 0 aliphatic heterocycles. The fourth-order valence-corrected chi connectivity index (χ4v) is 1.92. The maximum atomic E-state index is 12.1. The molecule has 0 unspecified atom stereocenters. The van der Waals surface area contributed by atoms with Gasteiger partial charge in [-0.05, 0) is 15.9 Å². The van der Waals surface area contributed by atoms with E-state index in [9.17, 15) is 4.79 Å². The van der Waals surface area contributed by atoms with Crippen LogP contribution in [0.3, 0.4) is 0 Å². The van der Waals surface area contributed by atoms with Crippen molar-refractivity contribution in [1.82, 2.24) is 30.5 Å². The third kappa shape index (κ3) is 3.60. The summed E-state index contributed by atoms with van der Waals surface area (Å²) in [5.41, 5.74) is 0.348. The van der Waals surface area contributed by atoms with E-state index in [1.54, 1.807) is 6.20 Å². The lowest BCUT2D eigenvalue weighted by molar-refractivity contribution is 0.0947. The lowest BCUT2D eigenvalue weighted by atomic mass is 10.2. The third-order valence-electron chi connectivity index (χ3n) is 2.61. The number of carbonyl (C=O) groups is 1. The number of rotatable bonds is 5. The van der Waals surface area contributed by atoms with Crippen LogP contribution in [0.25, 0.3) is 0 Å². The average molecular weight is 339 g/mol. The van der Waals surface area contributed by atoms with Gasteiger partial charge >= 0.3 is 0 Å². The SMILES string of the molecule is CC(C)c1ncc(Br)c(C(=O)NCCc2ncn[nH]2)n1. The van der Waals surface area contributed by atoms with Crippen molar-refractivity contribution in [3.8, 4) is 0 Å². The molecule has 106 valence electrons. The molecule has 20 heavy (non-hydrogen) atoms. The molecule has 8 heteroatoms. The summed E-state index contributed by atoms with van der Waals surface area (Å²) in [6, 6.07) is 0. The predicted octanol–water partition coefficient (Wildman–Crippen LogP) is 1.45. The molecule has 7 nitrogen and oxygen atoms in total. The summed E-state index contributed by atoms with van der Waals surface area (Å²) in [5.74, 6) is 1.31. The monoisotopic (exact) mass is 338 g/mol. The van der Waals surface area contributed by atoms with Crippen LogP contribution in [0.1, 0.15) is 41.9 Å². The highest BCUT2D eigenvalue weighted by Gasteiger charge is 2.14. The van der Waals surface area contributed by atoms with E-state index in [0.29, 0.717) is 29.0 Å². The number of halogens is 1. The van der Waals surface area contributed by atoms with Crippen LogP contribution in [0.4, 0.5) is 0 Å². The van der Waals surface area contributed by atoms with Crippen LogP contribution in [0.15, 0.2) is 17.0 Å². The first kappa shape index (κ1) is 14.6. The van der Waals surface area contributed by atoms with Gasteiger partial charge in [0.15, 0.2) is 0 Å². The molecule has 0 fully saturated rings. The standard InChI is InChI=1S/C12H15BrN6O/c1-7(2)11-15-5-8(13)10(18-11)12(20)14-4-3-9-16-6-17-19-9/h5-7H,3-4H2,1-2H3,(H,14,20)(H,16,17,19). The van der Waals surface area contributed by atoms with Gasteiger partial charge in [0, 0.05) is 25.1 Å². The van der Waals surface area contributed by atoms with Crippen molar-refractivity contribution >= 4 is 21.8 Å². The van der Waals surface area contributed by atoms with Crippen molar-refractivity contribution in [2.75, 3.05) is 6.54 Å². The molecule has 0 bridgehead atoms. The summed E-state index contributed by atoms with van der Waals surface area (Å²) in [5, 5.41) is 9.28. The Kier molecular flexibility index (Phi) is 4.78. The zero-order chi connectivity index (χ0) is 14.5. The first-order chi connectivity index (χ1) is 9.58. The van der Waals surface area contributed by atoms with E-state index in [1.165, 1.54) is 6.33 Å². The van der Waals surface area contributed by atoms with E-state index in [4.69, 9.17) is 0 Å². The topological polar surface area (TPSA) is 96.5 Å². The minimum atomic E-state index is -0.235. The van der Waals surface area contributed by atoms with Crippen LogP contribution in [0, 0.1) is 0 Å². The summed E-state index contributed by atoms with van der Waals surface area (Å²) in [4.78, 5) is 24.5. The maximum absolute atomic E-state index is 12.1. The van der Waals surface area contributed by atoms with Gasteiger partial charge in [0.2, 0.25) is 0 Å². The van der Waals surface area contributed by atoms with Gasteiger partial charge in [0.05, 0.1) is 4.47 Å². The van der Waals surface area contributed by atoms with Gasteiger partial charge < -0.3 is 5.32 Å². The molecule has 0 aliphatic rings. The Morgan fingerprint density at radius 2 is 2.25 bits per heavy atom. The second kappa shape index (κ2) is 6.56. The van der Waals surface area contributed by atoms with E-state index in [0.717, 1.165) is 5.82 Å². The summed E-state index contributed by atoms with van der Waals surface area (Å²) >= 11 is 3.30. The molecule has 1 amide bonds. The van der Waals surface area contributed by atoms with E-state index < -0.39 is 0 Å². The van der Waals surface area contributed by atoms with Gasteiger partial charge in [-0.25, -0.2) is 15.0 Å². The number of nitrogens with one attached hydrogen (secondary N) is 2. The highest BCUT2D eigenvalue weighted by Crippen LogP contribution is 2.16. The van der Waals surface area contributed by atoms with E-state index in [1.807, 2.05) is 13.8 Å². The van der Waals surface area contributed by atoms with Crippen LogP contribution < -0.4 is 5.32 Å². The van der Waals surface area contributed by atoms with Crippen molar-refractivity contribution in [3.63, 3.8) is 0 Å². The molecule has 2 rings (SSSR count). The Morgan fingerprint density at radius 1 is 1.45 bits per heavy atom. The van der Waals surface area contributed by atoms with Crippen LogP contribution >= 0.6 is 15.9 Å². The zero-order valence-electron chi connectivity index (χ0n) is 11.2. The lowest BCUT2D eigenvalue weighted by Crippen LogP contribution is -2.27. The first-order valence-electron chi connectivity index (χ1n) is 6.22. The van der Waals surface area contributed by atoms with E-state index in [2.05, 4.69) is 46.4 Å². The smallest absolute Gasteiger partial charge is 0.271 e. The number of carbonyl (C=O) groups excluding carboxylic acids is 1. The first-order valence-corrected chi connectivity index (χ1v) is 7.02. The van der Waals surface area contributed by atoms with Crippen LogP contribution in [0.5, 0.6) is 0 Å². The quantitative estimate of drug-likeness (QED) is 0.860. The molecule has 2 aromatic rings. The fourth-order valence-electron chi connectivity index (χ4n) is 1.55. The van der Waals surface area contributed by atoms with E-state index >= 15 is 0 Å². The summed E-state index contributed by atoms with van der Waals surface area (Å²) in [6.07, 6.45) is 3.63. The number of aromatic amines is 1. The Labute approximate surface area is 124 Å². The third-order valence-corrected chi connectivity index (χ3v) is 3.19. The second-order valence-electron chi connectivity index (χ2n) is 4.52. The molecule has 0 radical (unpaired) electrons. The molecule has 2 heterocycles. The normalized spacial score (nSPS) is 10.8. The van der Waals surface area contributed by atoms with Gasteiger partial charge in [-0.2, -0.15) is 5.10 Å². The summed E-state index contributed by atoms with van der Waals surface area (Å²) in [7, 11) is 0. The molecule has 0 atom stereocenters. The number of hydrogen-bond donors (Lipinski definition) is 2. The van der Waals surface area contributed by atoms with Crippen LogP contribution in [0.2, 0.25) is 0 Å². The van der Waals surface area contributed by atoms with E-state index in [-0.39, 0.29) is 11.8 Å². The molecule has 0 saturated heterocycles. The summed E-state index contributed by atoms with van der Waals surface area (Å²) < 4.78 is 0.582. The van der Waals surface area contributed by atoms with Crippen molar-refractivity contribution in [2.24, 2.45) is 0 Å². The number of hydrogen-bond acceptors (Lipinski definition) is 5. The van der Waals surface area contributed by atoms with Crippen molar-refractivity contribution < 1.29 is 4.79 Å². The fraction of sp³-hybridized carbons (Fsp3) is 0.417. The minimum Gasteiger partial charge on any atom is -0.350 e. The van der Waals surface area contributed by atoms with Gasteiger partial charge in [-0.15, -0.1) is 0 Å². The Bertz CT molecular complexity index is 584. The number of amides is 1. The van der Waals surface area contributed by atoms with Crippen molar-refractivity contribution in [3.05, 3.63) is 34.3 Å². The van der Waals surface area contributed by atoms with Crippen molar-refractivity contribution in [1.29, 1.82) is 0 Å². The summed E-state index contributed by atoms with van der Waals surface area (Å²) in [6.45, 7) is 4.42. The van der Waals surface area contributed by atoms with Crippen LogP contribution in [-0.2, 0) is 6.42 Å². The largest absolute Gasteiger partial charge is 0.350 e. The van der Waals surface area contributed by atoms with Gasteiger partial charge in [0.1, 0.15) is 23.7 Å². The molecule has 2 aromatic heterocycles. The van der Waals surface area contributed by atoms with Crippen LogP contribution in [-0.4, -0.2) is 37.6 Å². The molecule has 0 aliphatic carbocycles. The molecular weight excluding hydrogens is 324 g/mol. The number of nitrogens with zero attached hydrogens (tertiary/aromatic N) is 4. The molecule has 0 aromatic carbocycles. The van der Waals surface area contributed by atoms with Crippen molar-refractivity contribution in [2.45, 2.75) is 26.2 Å². The lowest BCUT2D eigenvalue weighted by Gasteiger charge is -2.08. The molecule has 0 spiro atoms. The Hall–Kier alpha value is -1.83. The number of aromatic nitrogens is 5. The highest BCUT2D eigenvalue weighted by molar-refractivity contribution is 9.10. The molecular formula is C12H15BrN6O. The Balaban J connectivity index is 1.99. The second-order valence-corrected chi connectivity index (χ2v) is 5.37.